The van der Waals surface area contributed by atoms with Crippen molar-refractivity contribution in [3.05, 3.63) is 23.4 Å². The number of nitrogens with zero attached hydrogens (tertiary/aromatic N) is 1. The average molecular weight is 337 g/mol. The summed E-state index contributed by atoms with van der Waals surface area (Å²) in [6.45, 7) is 10.6. The zero-order valence-electron chi connectivity index (χ0n) is 15.2. The Balaban J connectivity index is 2.82. The third-order valence-corrected chi connectivity index (χ3v) is 2.77. The minimum absolute atomic E-state index is 0.108. The summed E-state index contributed by atoms with van der Waals surface area (Å²) in [5, 5.41) is 0. The van der Waals surface area contributed by atoms with Gasteiger partial charge in [-0.15, -0.1) is 0 Å². The van der Waals surface area contributed by atoms with Crippen LogP contribution in [0.5, 0.6) is 0 Å². The third kappa shape index (κ3) is 6.54. The smallest absolute Gasteiger partial charge is 0.357 e. The molecule has 7 heteroatoms. The Morgan fingerprint density at radius 2 is 1.62 bits per heavy atom. The molecule has 0 aliphatic rings. The highest BCUT2D eigenvalue weighted by Crippen LogP contribution is 2.17. The largest absolute Gasteiger partial charge is 0.459 e. The van der Waals surface area contributed by atoms with Crippen LogP contribution in [-0.4, -0.2) is 34.2 Å². The zero-order chi connectivity index (χ0) is 18.7. The lowest BCUT2D eigenvalue weighted by atomic mass is 10.1. The van der Waals surface area contributed by atoms with Crippen molar-refractivity contribution < 1.29 is 19.1 Å². The molecule has 0 aromatic carbocycles. The summed E-state index contributed by atoms with van der Waals surface area (Å²) in [5.41, 5.74) is 11.2. The van der Waals surface area contributed by atoms with E-state index in [1.807, 2.05) is 0 Å². The van der Waals surface area contributed by atoms with Crippen molar-refractivity contribution >= 4 is 17.8 Å². The van der Waals surface area contributed by atoms with Gasteiger partial charge in [-0.25, -0.2) is 9.78 Å². The molecule has 1 rings (SSSR count). The Labute approximate surface area is 142 Å². The first-order valence-corrected chi connectivity index (χ1v) is 7.76. The van der Waals surface area contributed by atoms with Crippen LogP contribution in [0.15, 0.2) is 12.1 Å². The lowest BCUT2D eigenvalue weighted by Crippen LogP contribution is -2.39. The van der Waals surface area contributed by atoms with E-state index in [1.165, 1.54) is 6.07 Å². The maximum atomic E-state index is 12.0. The summed E-state index contributed by atoms with van der Waals surface area (Å²) >= 11 is 0. The molecule has 1 unspecified atom stereocenters. The van der Waals surface area contributed by atoms with E-state index < -0.39 is 29.2 Å². The Morgan fingerprint density at radius 3 is 2.08 bits per heavy atom. The monoisotopic (exact) mass is 337 g/mol. The van der Waals surface area contributed by atoms with E-state index in [2.05, 4.69) is 4.98 Å². The minimum atomic E-state index is -0.860. The predicted octanol–water partition coefficient (Wildman–Crippen LogP) is 1.83. The second kappa shape index (κ2) is 7.17. The molecule has 0 bridgehead atoms. The molecule has 24 heavy (non-hydrogen) atoms. The molecule has 0 aliphatic carbocycles. The standard InChI is InChI=1S/C17H27N3O4/c1-16(2,3)23-14(21)11(18)9-10-7-8-12(20-13(10)19)15(22)24-17(4,5)6/h7-8,11H,9,18H2,1-6H3,(H2,19,20). The lowest BCUT2D eigenvalue weighted by Gasteiger charge is -2.22. The molecule has 0 fully saturated rings. The van der Waals surface area contributed by atoms with Crippen LogP contribution < -0.4 is 11.5 Å². The van der Waals surface area contributed by atoms with E-state index in [1.54, 1.807) is 47.6 Å². The van der Waals surface area contributed by atoms with E-state index in [9.17, 15) is 9.59 Å². The Hall–Kier alpha value is -2.15. The molecule has 0 aliphatic heterocycles. The van der Waals surface area contributed by atoms with Crippen molar-refractivity contribution in [3.63, 3.8) is 0 Å². The molecule has 1 atom stereocenters. The summed E-state index contributed by atoms with van der Waals surface area (Å²) in [7, 11) is 0. The van der Waals surface area contributed by atoms with E-state index >= 15 is 0 Å². The molecule has 1 aromatic heterocycles. The number of hydrogen-bond donors (Lipinski definition) is 2. The van der Waals surface area contributed by atoms with Crippen LogP contribution >= 0.6 is 0 Å². The topological polar surface area (TPSA) is 118 Å². The van der Waals surface area contributed by atoms with Gasteiger partial charge >= 0.3 is 11.9 Å². The molecule has 0 saturated carbocycles. The first kappa shape index (κ1) is 19.9. The number of rotatable bonds is 4. The highest BCUT2D eigenvalue weighted by Gasteiger charge is 2.24. The van der Waals surface area contributed by atoms with E-state index in [4.69, 9.17) is 20.9 Å². The second-order valence-corrected chi connectivity index (χ2v) is 7.59. The van der Waals surface area contributed by atoms with Crippen LogP contribution in [0.2, 0.25) is 0 Å². The number of esters is 2. The molecule has 4 N–H and O–H groups in total. The maximum Gasteiger partial charge on any atom is 0.357 e. The SMILES string of the molecule is CC(C)(C)OC(=O)c1ccc(CC(N)C(=O)OC(C)(C)C)c(N)n1. The minimum Gasteiger partial charge on any atom is -0.459 e. The summed E-state index contributed by atoms with van der Waals surface area (Å²) in [5.74, 6) is -0.937. The van der Waals surface area contributed by atoms with Crippen molar-refractivity contribution in [2.75, 3.05) is 5.73 Å². The molecular formula is C17H27N3O4. The van der Waals surface area contributed by atoms with Gasteiger partial charge in [-0.2, -0.15) is 0 Å². The number of anilines is 1. The second-order valence-electron chi connectivity index (χ2n) is 7.59. The highest BCUT2D eigenvalue weighted by atomic mass is 16.6. The van der Waals surface area contributed by atoms with Crippen LogP contribution in [-0.2, 0) is 20.7 Å². The van der Waals surface area contributed by atoms with Gasteiger partial charge < -0.3 is 20.9 Å². The zero-order valence-corrected chi connectivity index (χ0v) is 15.2. The number of nitrogens with two attached hydrogens (primary N) is 2. The quantitative estimate of drug-likeness (QED) is 0.805. The van der Waals surface area contributed by atoms with Gasteiger partial charge in [0.2, 0.25) is 0 Å². The number of pyridine rings is 1. The maximum absolute atomic E-state index is 12.0. The summed E-state index contributed by atoms with van der Waals surface area (Å²) in [4.78, 5) is 27.9. The normalized spacial score (nSPS) is 13.3. The van der Waals surface area contributed by atoms with Crippen molar-refractivity contribution in [1.29, 1.82) is 0 Å². The van der Waals surface area contributed by atoms with Gasteiger partial charge in [0.25, 0.3) is 0 Å². The molecule has 134 valence electrons. The highest BCUT2D eigenvalue weighted by molar-refractivity contribution is 5.88. The van der Waals surface area contributed by atoms with Crippen LogP contribution in [0.25, 0.3) is 0 Å². The lowest BCUT2D eigenvalue weighted by molar-refractivity contribution is -0.156. The number of carbonyl (C=O) groups excluding carboxylic acids is 2. The fourth-order valence-corrected chi connectivity index (χ4v) is 1.82. The first-order chi connectivity index (χ1) is 10.8. The molecule has 1 aromatic rings. The van der Waals surface area contributed by atoms with Crippen LogP contribution in [0, 0.1) is 0 Å². The van der Waals surface area contributed by atoms with Crippen molar-refractivity contribution in [2.24, 2.45) is 5.73 Å². The number of ether oxygens (including phenoxy) is 2. The number of carbonyl (C=O) groups is 2. The molecular weight excluding hydrogens is 310 g/mol. The fourth-order valence-electron chi connectivity index (χ4n) is 1.82. The van der Waals surface area contributed by atoms with E-state index in [0.717, 1.165) is 0 Å². The van der Waals surface area contributed by atoms with E-state index in [0.29, 0.717) is 5.56 Å². The first-order valence-electron chi connectivity index (χ1n) is 7.76. The Morgan fingerprint density at radius 1 is 1.08 bits per heavy atom. The molecule has 0 saturated heterocycles. The molecule has 7 nitrogen and oxygen atoms in total. The van der Waals surface area contributed by atoms with Gasteiger partial charge in [-0.3, -0.25) is 4.79 Å². The van der Waals surface area contributed by atoms with Gasteiger partial charge in [0.15, 0.2) is 5.69 Å². The van der Waals surface area contributed by atoms with Gasteiger partial charge in [0, 0.05) is 6.42 Å². The number of aromatic nitrogens is 1. The fraction of sp³-hybridized carbons (Fsp3) is 0.588. The number of nitrogen functional groups attached to an aromatic ring is 1. The molecule has 0 radical (unpaired) electrons. The molecule has 0 spiro atoms. The average Bonchev–Trinajstić information content (AvgIpc) is 2.36. The molecule has 0 amide bonds. The van der Waals surface area contributed by atoms with Gasteiger partial charge in [-0.05, 0) is 53.2 Å². The number of hydrogen-bond acceptors (Lipinski definition) is 7. The molecule has 1 heterocycles. The Kier molecular flexibility index (Phi) is 5.94. The summed E-state index contributed by atoms with van der Waals surface area (Å²) < 4.78 is 10.5. The van der Waals surface area contributed by atoms with Crippen molar-refractivity contribution in [3.8, 4) is 0 Å². The summed E-state index contributed by atoms with van der Waals surface area (Å²) in [6.07, 6.45) is 0.169. The van der Waals surface area contributed by atoms with Gasteiger partial charge in [0.1, 0.15) is 23.1 Å². The van der Waals surface area contributed by atoms with Crippen LogP contribution in [0.4, 0.5) is 5.82 Å². The van der Waals surface area contributed by atoms with Gasteiger partial charge in [-0.1, -0.05) is 6.07 Å². The van der Waals surface area contributed by atoms with Crippen LogP contribution in [0.3, 0.4) is 0 Å². The van der Waals surface area contributed by atoms with E-state index in [-0.39, 0.29) is 17.9 Å². The summed E-state index contributed by atoms with van der Waals surface area (Å²) in [6, 6.07) is 2.26. The third-order valence-electron chi connectivity index (χ3n) is 2.77. The van der Waals surface area contributed by atoms with Crippen LogP contribution in [0.1, 0.15) is 57.6 Å². The van der Waals surface area contributed by atoms with Gasteiger partial charge in [0.05, 0.1) is 0 Å². The van der Waals surface area contributed by atoms with Crippen molar-refractivity contribution in [1.82, 2.24) is 4.98 Å². The van der Waals surface area contributed by atoms with Crippen molar-refractivity contribution in [2.45, 2.75) is 65.2 Å². The Bertz CT molecular complexity index is 615. The predicted molar refractivity (Wildman–Crippen MR) is 91.3 cm³/mol.